The number of phenols is 1. The molecule has 1 N–H and O–H groups in total. The van der Waals surface area contributed by atoms with Crippen molar-refractivity contribution < 1.29 is 35.0 Å². The van der Waals surface area contributed by atoms with Crippen molar-refractivity contribution in [2.75, 3.05) is 0 Å². The van der Waals surface area contributed by atoms with Crippen LogP contribution < -0.4 is 0 Å². The molecule has 0 bridgehead atoms. The maximum absolute atomic E-state index is 11.5. The molecule has 0 saturated carbocycles. The van der Waals surface area contributed by atoms with E-state index >= 15 is 0 Å². The van der Waals surface area contributed by atoms with Crippen molar-refractivity contribution in [3.05, 3.63) is 188 Å². The second kappa shape index (κ2) is 14.7. The number of rotatable bonds is 6. The van der Waals surface area contributed by atoms with Gasteiger partial charge in [0.25, 0.3) is 0 Å². The van der Waals surface area contributed by atoms with E-state index in [1.807, 2.05) is 116 Å². The van der Waals surface area contributed by atoms with Crippen LogP contribution in [0.4, 0.5) is 0 Å². The monoisotopic (exact) mass is 940 g/mol. The normalized spacial score (nSPS) is 11.4. The maximum atomic E-state index is 11.5. The summed E-state index contributed by atoms with van der Waals surface area (Å²) in [5.41, 5.74) is 11.0. The van der Waals surface area contributed by atoms with Crippen molar-refractivity contribution in [1.82, 2.24) is 9.97 Å². The molecule has 4 aromatic heterocycles. The van der Waals surface area contributed by atoms with Crippen LogP contribution in [-0.2, 0) is 21.1 Å². The van der Waals surface area contributed by atoms with Crippen molar-refractivity contribution in [2.24, 2.45) is 0 Å². The first-order valence-electron chi connectivity index (χ1n) is 19.3. The van der Waals surface area contributed by atoms with Crippen molar-refractivity contribution in [3.8, 4) is 73.3 Å². The topological polar surface area (TPSA) is 72.3 Å². The Labute approximate surface area is 354 Å². The molecule has 7 aromatic carbocycles. The third kappa shape index (κ3) is 6.41. The first-order valence-corrected chi connectivity index (χ1v) is 19.3. The van der Waals surface area contributed by atoms with E-state index in [-0.39, 0.29) is 26.8 Å². The molecule has 0 unspecified atom stereocenters. The molecule has 0 amide bonds. The summed E-state index contributed by atoms with van der Waals surface area (Å²) in [6, 6.07) is 62.7. The number of furan rings is 2. The predicted molar refractivity (Wildman–Crippen MR) is 234 cm³/mol. The summed E-state index contributed by atoms with van der Waals surface area (Å²) >= 11 is 0. The van der Waals surface area contributed by atoms with Gasteiger partial charge in [0.2, 0.25) is 0 Å². The van der Waals surface area contributed by atoms with Crippen LogP contribution in [0.2, 0.25) is 0 Å². The zero-order valence-corrected chi connectivity index (χ0v) is 34.0. The molecule has 0 aliphatic heterocycles. The number of nitrogens with zero attached hydrogens (tertiary/aromatic N) is 2. The number of aryl methyl sites for hydroxylation is 1. The summed E-state index contributed by atoms with van der Waals surface area (Å²) in [6.07, 6.45) is 0. The van der Waals surface area contributed by atoms with E-state index in [9.17, 15) is 5.11 Å². The van der Waals surface area contributed by atoms with Crippen molar-refractivity contribution in [3.63, 3.8) is 0 Å². The first kappa shape index (κ1) is 36.3. The molecule has 0 fully saturated rings. The second-order valence-corrected chi connectivity index (χ2v) is 14.7. The van der Waals surface area contributed by atoms with Gasteiger partial charge in [0.05, 0.1) is 5.69 Å². The zero-order valence-electron chi connectivity index (χ0n) is 31.7. The number of pyridine rings is 2. The van der Waals surface area contributed by atoms with Gasteiger partial charge in [0.1, 0.15) is 28.4 Å². The average molecular weight is 941 g/mol. The Bertz CT molecular complexity index is 3380. The van der Waals surface area contributed by atoms with Crippen LogP contribution in [0.15, 0.2) is 185 Å². The van der Waals surface area contributed by atoms with Crippen LogP contribution in [0.5, 0.6) is 5.75 Å². The fourth-order valence-corrected chi connectivity index (χ4v) is 8.16. The van der Waals surface area contributed by atoms with Crippen LogP contribution in [0.1, 0.15) is 5.69 Å². The number of hydrogen-bond donors (Lipinski definition) is 1. The van der Waals surface area contributed by atoms with Gasteiger partial charge >= 0.3 is 0 Å². The van der Waals surface area contributed by atoms with Gasteiger partial charge in [0.15, 0.2) is 0 Å². The molecule has 0 spiro atoms. The Hall–Kier alpha value is -7.07. The number of phenolic OH excluding ortho intramolecular Hbond substituents is 1. The summed E-state index contributed by atoms with van der Waals surface area (Å²) in [6.45, 7) is 2.01. The van der Waals surface area contributed by atoms with Gasteiger partial charge in [-0.3, -0.25) is 9.97 Å². The van der Waals surface area contributed by atoms with E-state index < -0.39 is 0 Å². The average Bonchev–Trinajstić information content (AvgIpc) is 3.85. The summed E-state index contributed by atoms with van der Waals surface area (Å²) in [5.74, 6) is 1.77. The molecule has 5 nitrogen and oxygen atoms in total. The van der Waals surface area contributed by atoms with Crippen LogP contribution >= 0.6 is 0 Å². The van der Waals surface area contributed by atoms with E-state index in [0.717, 1.165) is 105 Å². The number of fused-ring (bicyclic) bond motifs is 5. The van der Waals surface area contributed by atoms with Crippen LogP contribution in [0.3, 0.4) is 0 Å². The van der Waals surface area contributed by atoms with E-state index in [1.54, 1.807) is 0 Å². The van der Waals surface area contributed by atoms with Gasteiger partial charge in [-0.2, -0.15) is 0 Å². The zero-order chi connectivity index (χ0) is 38.7. The molecule has 0 saturated heterocycles. The van der Waals surface area contributed by atoms with E-state index in [1.165, 1.54) is 0 Å². The number of para-hydroxylation sites is 1. The molecular formula is C53H33N2O3Pt-. The Morgan fingerprint density at radius 1 is 0.441 bits per heavy atom. The molecule has 59 heavy (non-hydrogen) atoms. The van der Waals surface area contributed by atoms with Crippen LogP contribution in [0.25, 0.3) is 111 Å². The molecule has 284 valence electrons. The SMILES string of the molecule is Cc1cc(-c2oc(-c3ccc4c(c3)oc3ccccc34)c3ccccc23)cc(-c2[c-]c(-c3cc(-c4ccccc4)cc(-c4ccc5ccccc5c4O)n3)ccc2)n1.[Pt]. The first-order chi connectivity index (χ1) is 28.5. The van der Waals surface area contributed by atoms with Crippen molar-refractivity contribution in [2.45, 2.75) is 6.92 Å². The molecule has 0 radical (unpaired) electrons. The number of benzene rings is 7. The number of aromatic hydroxyl groups is 1. The van der Waals surface area contributed by atoms with Crippen LogP contribution in [0, 0.1) is 13.0 Å². The summed E-state index contributed by atoms with van der Waals surface area (Å²) < 4.78 is 13.1. The van der Waals surface area contributed by atoms with E-state index in [2.05, 4.69) is 72.8 Å². The third-order valence-electron chi connectivity index (χ3n) is 10.9. The van der Waals surface area contributed by atoms with E-state index in [0.29, 0.717) is 11.3 Å². The third-order valence-corrected chi connectivity index (χ3v) is 10.9. The molecule has 4 heterocycles. The fraction of sp³-hybridized carbons (Fsp3) is 0.0189. The van der Waals surface area contributed by atoms with Crippen molar-refractivity contribution in [1.29, 1.82) is 0 Å². The molecule has 0 atom stereocenters. The Morgan fingerprint density at radius 2 is 1.07 bits per heavy atom. The summed E-state index contributed by atoms with van der Waals surface area (Å²) in [7, 11) is 0. The molecular weight excluding hydrogens is 908 g/mol. The quantitative estimate of drug-likeness (QED) is 0.168. The minimum Gasteiger partial charge on any atom is -0.507 e. The minimum absolute atomic E-state index is 0. The van der Waals surface area contributed by atoms with Gasteiger partial charge < -0.3 is 13.9 Å². The van der Waals surface area contributed by atoms with Crippen molar-refractivity contribution >= 4 is 43.5 Å². The maximum Gasteiger partial charge on any atom is 0.142 e. The molecule has 11 aromatic rings. The smallest absolute Gasteiger partial charge is 0.142 e. The molecule has 6 heteroatoms. The second-order valence-electron chi connectivity index (χ2n) is 14.7. The molecule has 0 aliphatic carbocycles. The largest absolute Gasteiger partial charge is 0.507 e. The van der Waals surface area contributed by atoms with Crippen LogP contribution in [-0.4, -0.2) is 15.1 Å². The molecule has 0 aliphatic rings. The van der Waals surface area contributed by atoms with Gasteiger partial charge in [-0.1, -0.05) is 132 Å². The Kier molecular flexibility index (Phi) is 9.04. The van der Waals surface area contributed by atoms with Gasteiger partial charge in [0, 0.05) is 81.8 Å². The van der Waals surface area contributed by atoms with Gasteiger partial charge in [-0.25, -0.2) is 0 Å². The predicted octanol–water partition coefficient (Wildman–Crippen LogP) is 14.1. The fourth-order valence-electron chi connectivity index (χ4n) is 8.16. The number of aromatic nitrogens is 2. The summed E-state index contributed by atoms with van der Waals surface area (Å²) in [5, 5.41) is 17.5. The Balaban J connectivity index is 0.00000420. The van der Waals surface area contributed by atoms with Gasteiger partial charge in [-0.15, -0.1) is 24.3 Å². The Morgan fingerprint density at radius 3 is 1.86 bits per heavy atom. The molecule has 11 rings (SSSR count). The standard InChI is InChI=1S/C53H33N2O3.Pt/c1-32-26-39(53-44-20-8-7-19-43(44)52(58-53)37-23-24-42-41-18-9-10-21-49(41)57-50(42)31-37)30-46(54-32)35-15-11-16-36(27-35)47-28-38(33-12-3-2-4-13-33)29-48(55-47)45-25-22-34-14-5-6-17-40(34)51(45)56;/h2-26,28-31,56H,1H3;/q-1;. The summed E-state index contributed by atoms with van der Waals surface area (Å²) in [4.78, 5) is 10.1. The minimum atomic E-state index is 0. The number of hydrogen-bond acceptors (Lipinski definition) is 5. The van der Waals surface area contributed by atoms with E-state index in [4.69, 9.17) is 18.8 Å². The van der Waals surface area contributed by atoms with Gasteiger partial charge in [-0.05, 0) is 59.8 Å².